The highest BCUT2D eigenvalue weighted by molar-refractivity contribution is 5.38. The summed E-state index contributed by atoms with van der Waals surface area (Å²) in [6, 6.07) is 5.67. The van der Waals surface area contributed by atoms with E-state index in [0.29, 0.717) is 18.8 Å². The maximum atomic E-state index is 8.76. The van der Waals surface area contributed by atoms with Crippen LogP contribution in [0.5, 0.6) is 0 Å². The van der Waals surface area contributed by atoms with Gasteiger partial charge < -0.3 is 10.8 Å². The lowest BCUT2D eigenvalue weighted by atomic mass is 10.3. The molecule has 0 atom stereocenters. The van der Waals surface area contributed by atoms with Crippen LogP contribution in [0.4, 0.5) is 0 Å². The van der Waals surface area contributed by atoms with Gasteiger partial charge in [0.2, 0.25) is 0 Å². The Morgan fingerprint density at radius 2 is 2.29 bits per heavy atom. The Morgan fingerprint density at radius 3 is 3.00 bits per heavy atom. The summed E-state index contributed by atoms with van der Waals surface area (Å²) in [5, 5.41) is 13.0. The number of nitrogens with two attached hydrogens (primary N) is 1. The number of aromatic nitrogens is 3. The first-order valence-corrected chi connectivity index (χ1v) is 4.49. The Labute approximate surface area is 81.2 Å². The number of rotatable bonds is 3. The highest BCUT2D eigenvalue weighted by atomic mass is 16.3. The van der Waals surface area contributed by atoms with Gasteiger partial charge in [-0.2, -0.15) is 5.10 Å². The molecule has 0 spiro atoms. The second-order valence-electron chi connectivity index (χ2n) is 2.99. The van der Waals surface area contributed by atoms with Crippen molar-refractivity contribution in [1.82, 2.24) is 14.6 Å². The standard InChI is InChI=1S/C9H12N4O/c10-6-7-2-1-3-9-11-8(4-5-14)12-13(7)9/h1-3,14H,4-6,10H2. The average molecular weight is 192 g/mol. The van der Waals surface area contributed by atoms with Crippen molar-refractivity contribution in [2.24, 2.45) is 5.73 Å². The van der Waals surface area contributed by atoms with E-state index < -0.39 is 0 Å². The van der Waals surface area contributed by atoms with Crippen molar-refractivity contribution in [2.75, 3.05) is 6.61 Å². The molecule has 0 saturated heterocycles. The van der Waals surface area contributed by atoms with Gasteiger partial charge in [0.25, 0.3) is 0 Å². The molecule has 2 aromatic rings. The van der Waals surface area contributed by atoms with Gasteiger partial charge >= 0.3 is 0 Å². The van der Waals surface area contributed by atoms with Crippen molar-refractivity contribution in [3.63, 3.8) is 0 Å². The number of aliphatic hydroxyl groups is 1. The van der Waals surface area contributed by atoms with Gasteiger partial charge in [0.15, 0.2) is 11.5 Å². The Kier molecular flexibility index (Phi) is 2.43. The molecule has 14 heavy (non-hydrogen) atoms. The van der Waals surface area contributed by atoms with E-state index in [1.54, 1.807) is 4.52 Å². The predicted molar refractivity (Wildman–Crippen MR) is 51.7 cm³/mol. The lowest BCUT2D eigenvalue weighted by molar-refractivity contribution is 0.296. The molecular formula is C9H12N4O. The van der Waals surface area contributed by atoms with Gasteiger partial charge in [0.05, 0.1) is 12.3 Å². The molecule has 5 nitrogen and oxygen atoms in total. The SMILES string of the molecule is NCc1cccc2nc(CCO)nn12. The number of pyridine rings is 1. The largest absolute Gasteiger partial charge is 0.396 e. The molecule has 0 bridgehead atoms. The van der Waals surface area contributed by atoms with Gasteiger partial charge in [0.1, 0.15) is 0 Å². The molecule has 5 heteroatoms. The quantitative estimate of drug-likeness (QED) is 0.701. The van der Waals surface area contributed by atoms with E-state index in [2.05, 4.69) is 10.1 Å². The number of hydrogen-bond acceptors (Lipinski definition) is 4. The van der Waals surface area contributed by atoms with E-state index in [1.807, 2.05) is 18.2 Å². The smallest absolute Gasteiger partial charge is 0.155 e. The monoisotopic (exact) mass is 192 g/mol. The van der Waals surface area contributed by atoms with Crippen LogP contribution < -0.4 is 5.73 Å². The summed E-state index contributed by atoms with van der Waals surface area (Å²) in [5.74, 6) is 0.647. The predicted octanol–water partition coefficient (Wildman–Crippen LogP) is -0.277. The lowest BCUT2D eigenvalue weighted by Gasteiger charge is -1.98. The van der Waals surface area contributed by atoms with E-state index in [0.717, 1.165) is 11.3 Å². The molecule has 0 aromatic carbocycles. The molecule has 2 aromatic heterocycles. The van der Waals surface area contributed by atoms with Crippen LogP contribution in [0.2, 0.25) is 0 Å². The molecule has 2 heterocycles. The molecular weight excluding hydrogens is 180 g/mol. The molecule has 3 N–H and O–H groups in total. The van der Waals surface area contributed by atoms with Crippen LogP contribution in [-0.2, 0) is 13.0 Å². The Hall–Kier alpha value is -1.46. The summed E-state index contributed by atoms with van der Waals surface area (Å²) in [6.45, 7) is 0.494. The lowest BCUT2D eigenvalue weighted by Crippen LogP contribution is -2.04. The van der Waals surface area contributed by atoms with Crippen LogP contribution in [0.1, 0.15) is 11.5 Å². The van der Waals surface area contributed by atoms with Gasteiger partial charge in [-0.3, -0.25) is 0 Å². The van der Waals surface area contributed by atoms with Gasteiger partial charge in [0, 0.05) is 13.0 Å². The summed E-state index contributed by atoms with van der Waals surface area (Å²) in [6.07, 6.45) is 0.478. The van der Waals surface area contributed by atoms with Crippen molar-refractivity contribution in [3.05, 3.63) is 29.7 Å². The zero-order valence-corrected chi connectivity index (χ0v) is 7.72. The summed E-state index contributed by atoms with van der Waals surface area (Å²) in [5.41, 5.74) is 7.25. The minimum absolute atomic E-state index is 0.0643. The van der Waals surface area contributed by atoms with Crippen LogP contribution in [-0.4, -0.2) is 26.3 Å². The van der Waals surface area contributed by atoms with E-state index in [1.165, 1.54) is 0 Å². The molecule has 0 aliphatic heterocycles. The molecule has 0 saturated carbocycles. The number of hydrogen-bond donors (Lipinski definition) is 2. The minimum atomic E-state index is 0.0643. The third-order valence-electron chi connectivity index (χ3n) is 2.03. The number of fused-ring (bicyclic) bond motifs is 1. The van der Waals surface area contributed by atoms with E-state index in [-0.39, 0.29) is 6.61 Å². The molecule has 0 fully saturated rings. The molecule has 2 rings (SSSR count). The molecule has 0 aliphatic rings. The molecule has 0 amide bonds. The molecule has 74 valence electrons. The van der Waals surface area contributed by atoms with Gasteiger partial charge in [-0.15, -0.1) is 0 Å². The van der Waals surface area contributed by atoms with Crippen molar-refractivity contribution >= 4 is 5.65 Å². The van der Waals surface area contributed by atoms with Crippen LogP contribution in [0, 0.1) is 0 Å². The summed E-state index contributed by atoms with van der Waals surface area (Å²) >= 11 is 0. The zero-order valence-electron chi connectivity index (χ0n) is 7.72. The second kappa shape index (κ2) is 3.73. The van der Waals surface area contributed by atoms with E-state index in [4.69, 9.17) is 10.8 Å². The van der Waals surface area contributed by atoms with Crippen LogP contribution >= 0.6 is 0 Å². The van der Waals surface area contributed by atoms with Crippen molar-refractivity contribution in [2.45, 2.75) is 13.0 Å². The number of aliphatic hydroxyl groups excluding tert-OH is 1. The average Bonchev–Trinajstić information content (AvgIpc) is 2.60. The first-order valence-electron chi connectivity index (χ1n) is 4.49. The maximum absolute atomic E-state index is 8.76. The highest BCUT2D eigenvalue weighted by Crippen LogP contribution is 2.05. The van der Waals surface area contributed by atoms with E-state index in [9.17, 15) is 0 Å². The Morgan fingerprint density at radius 1 is 1.43 bits per heavy atom. The molecule has 0 radical (unpaired) electrons. The minimum Gasteiger partial charge on any atom is -0.396 e. The maximum Gasteiger partial charge on any atom is 0.155 e. The fraction of sp³-hybridized carbons (Fsp3) is 0.333. The molecule has 0 aliphatic carbocycles. The fourth-order valence-corrected chi connectivity index (χ4v) is 1.36. The Balaban J connectivity index is 2.52. The second-order valence-corrected chi connectivity index (χ2v) is 2.99. The van der Waals surface area contributed by atoms with Crippen LogP contribution in [0.3, 0.4) is 0 Å². The van der Waals surface area contributed by atoms with Crippen molar-refractivity contribution in [1.29, 1.82) is 0 Å². The molecule has 0 unspecified atom stereocenters. The van der Waals surface area contributed by atoms with Crippen molar-refractivity contribution < 1.29 is 5.11 Å². The highest BCUT2D eigenvalue weighted by Gasteiger charge is 2.04. The summed E-state index contributed by atoms with van der Waals surface area (Å²) < 4.78 is 1.71. The normalized spacial score (nSPS) is 11.0. The third kappa shape index (κ3) is 1.47. The zero-order chi connectivity index (χ0) is 9.97. The van der Waals surface area contributed by atoms with Crippen molar-refractivity contribution in [3.8, 4) is 0 Å². The third-order valence-corrected chi connectivity index (χ3v) is 2.03. The van der Waals surface area contributed by atoms with Crippen LogP contribution in [0.25, 0.3) is 5.65 Å². The van der Waals surface area contributed by atoms with Gasteiger partial charge in [-0.25, -0.2) is 9.50 Å². The van der Waals surface area contributed by atoms with Gasteiger partial charge in [-0.1, -0.05) is 6.07 Å². The fourth-order valence-electron chi connectivity index (χ4n) is 1.36. The number of nitrogens with zero attached hydrogens (tertiary/aromatic N) is 3. The first kappa shape index (κ1) is 9.11. The summed E-state index contributed by atoms with van der Waals surface area (Å²) in [7, 11) is 0. The Bertz CT molecular complexity index is 437. The van der Waals surface area contributed by atoms with Gasteiger partial charge in [-0.05, 0) is 12.1 Å². The topological polar surface area (TPSA) is 76.4 Å². The first-order chi connectivity index (χ1) is 6.85. The van der Waals surface area contributed by atoms with E-state index >= 15 is 0 Å². The summed E-state index contributed by atoms with van der Waals surface area (Å²) in [4.78, 5) is 4.25. The van der Waals surface area contributed by atoms with Crippen LogP contribution in [0.15, 0.2) is 18.2 Å².